The molecule has 0 bridgehead atoms. The zero-order valence-electron chi connectivity index (χ0n) is 14.1. The maximum atomic E-state index is 12.3. The minimum Gasteiger partial charge on any atom is -0.463 e. The number of amides is 1. The molecular weight excluding hydrogens is 328 g/mol. The van der Waals surface area contributed by atoms with E-state index >= 15 is 0 Å². The predicted octanol–water partition coefficient (Wildman–Crippen LogP) is 3.98. The lowest BCUT2D eigenvalue weighted by atomic mass is 10.0. The lowest BCUT2D eigenvalue weighted by molar-refractivity contribution is 0.0950. The Morgan fingerprint density at radius 2 is 1.96 bits per heavy atom. The SMILES string of the molecule is CC(=NNC(=O)c1cc(-c2ccco2)[nH]n1)c1cccc2ccccc12. The van der Waals surface area contributed by atoms with Gasteiger partial charge in [0.2, 0.25) is 0 Å². The third kappa shape index (κ3) is 3.00. The summed E-state index contributed by atoms with van der Waals surface area (Å²) in [6.07, 6.45) is 1.56. The van der Waals surface area contributed by atoms with Crippen LogP contribution in [0.25, 0.3) is 22.2 Å². The number of furan rings is 1. The lowest BCUT2D eigenvalue weighted by Gasteiger charge is -2.06. The molecule has 4 aromatic rings. The van der Waals surface area contributed by atoms with Gasteiger partial charge in [0.25, 0.3) is 5.91 Å². The second-order valence-corrected chi connectivity index (χ2v) is 5.81. The largest absolute Gasteiger partial charge is 0.463 e. The van der Waals surface area contributed by atoms with Crippen molar-refractivity contribution in [3.05, 3.63) is 78.2 Å². The van der Waals surface area contributed by atoms with Crippen LogP contribution >= 0.6 is 0 Å². The molecule has 0 saturated carbocycles. The average molecular weight is 344 g/mol. The van der Waals surface area contributed by atoms with Crippen molar-refractivity contribution < 1.29 is 9.21 Å². The second-order valence-electron chi connectivity index (χ2n) is 5.81. The molecule has 26 heavy (non-hydrogen) atoms. The van der Waals surface area contributed by atoms with Crippen molar-refractivity contribution in [3.8, 4) is 11.5 Å². The monoisotopic (exact) mass is 344 g/mol. The number of aromatic amines is 1. The molecule has 0 aliphatic heterocycles. The first-order chi connectivity index (χ1) is 12.7. The Labute approximate surface area is 149 Å². The Bertz CT molecular complexity index is 1090. The first-order valence-corrected chi connectivity index (χ1v) is 8.14. The van der Waals surface area contributed by atoms with Crippen LogP contribution in [0.15, 0.2) is 76.4 Å². The molecule has 6 nitrogen and oxygen atoms in total. The van der Waals surface area contributed by atoms with E-state index < -0.39 is 5.91 Å². The zero-order valence-corrected chi connectivity index (χ0v) is 14.1. The van der Waals surface area contributed by atoms with Gasteiger partial charge in [0.1, 0.15) is 5.69 Å². The number of hydrazone groups is 1. The van der Waals surface area contributed by atoms with Crippen LogP contribution in [0.3, 0.4) is 0 Å². The zero-order chi connectivity index (χ0) is 17.9. The first kappa shape index (κ1) is 15.8. The van der Waals surface area contributed by atoms with Crippen molar-refractivity contribution >= 4 is 22.4 Å². The Morgan fingerprint density at radius 1 is 1.12 bits per heavy atom. The molecule has 0 unspecified atom stereocenters. The van der Waals surface area contributed by atoms with Gasteiger partial charge < -0.3 is 4.42 Å². The Kier molecular flexibility index (Phi) is 4.07. The van der Waals surface area contributed by atoms with Gasteiger partial charge in [-0.25, -0.2) is 5.43 Å². The van der Waals surface area contributed by atoms with Gasteiger partial charge in [-0.15, -0.1) is 0 Å². The van der Waals surface area contributed by atoms with Crippen molar-refractivity contribution in [1.29, 1.82) is 0 Å². The summed E-state index contributed by atoms with van der Waals surface area (Å²) in [5, 5.41) is 13.2. The summed E-state index contributed by atoms with van der Waals surface area (Å²) in [7, 11) is 0. The molecule has 2 aromatic carbocycles. The molecule has 128 valence electrons. The highest BCUT2D eigenvalue weighted by Gasteiger charge is 2.12. The number of hydrogen-bond acceptors (Lipinski definition) is 4. The number of carbonyl (C=O) groups is 1. The van der Waals surface area contributed by atoms with E-state index in [4.69, 9.17) is 4.42 Å². The molecule has 0 fully saturated rings. The summed E-state index contributed by atoms with van der Waals surface area (Å²) < 4.78 is 5.28. The fourth-order valence-electron chi connectivity index (χ4n) is 2.79. The van der Waals surface area contributed by atoms with E-state index in [-0.39, 0.29) is 5.69 Å². The van der Waals surface area contributed by atoms with Crippen LogP contribution in [0.4, 0.5) is 0 Å². The summed E-state index contributed by atoms with van der Waals surface area (Å²) in [5.74, 6) is 0.227. The molecule has 0 atom stereocenters. The fourth-order valence-corrected chi connectivity index (χ4v) is 2.79. The van der Waals surface area contributed by atoms with Crippen molar-refractivity contribution in [1.82, 2.24) is 15.6 Å². The molecule has 0 spiro atoms. The number of nitrogens with zero attached hydrogens (tertiary/aromatic N) is 2. The van der Waals surface area contributed by atoms with Crippen LogP contribution in [-0.4, -0.2) is 21.8 Å². The van der Waals surface area contributed by atoms with Crippen LogP contribution < -0.4 is 5.43 Å². The minimum absolute atomic E-state index is 0.242. The smallest absolute Gasteiger partial charge is 0.291 e. The van der Waals surface area contributed by atoms with Crippen LogP contribution in [0, 0.1) is 0 Å². The van der Waals surface area contributed by atoms with Crippen LogP contribution in [0.5, 0.6) is 0 Å². The van der Waals surface area contributed by atoms with E-state index in [1.165, 1.54) is 0 Å². The average Bonchev–Trinajstić information content (AvgIpc) is 3.36. The third-order valence-electron chi connectivity index (χ3n) is 4.10. The maximum Gasteiger partial charge on any atom is 0.291 e. The number of fused-ring (bicyclic) bond motifs is 1. The Hall–Kier alpha value is -3.67. The maximum absolute atomic E-state index is 12.3. The first-order valence-electron chi connectivity index (χ1n) is 8.14. The lowest BCUT2D eigenvalue weighted by Crippen LogP contribution is -2.19. The minimum atomic E-state index is -0.390. The highest BCUT2D eigenvalue weighted by atomic mass is 16.3. The molecule has 0 aliphatic rings. The number of H-pyrrole nitrogens is 1. The Balaban J connectivity index is 1.54. The van der Waals surface area contributed by atoms with Crippen molar-refractivity contribution in [2.75, 3.05) is 0 Å². The molecule has 2 heterocycles. The molecule has 1 amide bonds. The molecule has 0 radical (unpaired) electrons. The number of hydrogen-bond donors (Lipinski definition) is 2. The summed E-state index contributed by atoms with van der Waals surface area (Å²) in [6, 6.07) is 19.2. The van der Waals surface area contributed by atoms with E-state index in [1.807, 2.05) is 49.4 Å². The van der Waals surface area contributed by atoms with Gasteiger partial charge in [-0.3, -0.25) is 9.89 Å². The van der Waals surface area contributed by atoms with E-state index in [1.54, 1.807) is 24.5 Å². The van der Waals surface area contributed by atoms with Gasteiger partial charge >= 0.3 is 0 Å². The van der Waals surface area contributed by atoms with Crippen molar-refractivity contribution in [3.63, 3.8) is 0 Å². The number of carbonyl (C=O) groups excluding carboxylic acids is 1. The predicted molar refractivity (Wildman–Crippen MR) is 99.9 cm³/mol. The molecule has 4 rings (SSSR count). The summed E-state index contributed by atoms with van der Waals surface area (Å²) >= 11 is 0. The standard InChI is InChI=1S/C20H16N4O2/c1-13(15-9-4-7-14-6-2-3-8-16(14)15)21-24-20(25)18-12-17(22-23-18)19-10-5-11-26-19/h2-12H,1H3,(H,22,23)(H,24,25). The number of aromatic nitrogens is 2. The van der Waals surface area contributed by atoms with E-state index in [0.29, 0.717) is 11.5 Å². The highest BCUT2D eigenvalue weighted by molar-refractivity contribution is 6.10. The Morgan fingerprint density at radius 3 is 2.81 bits per heavy atom. The summed E-state index contributed by atoms with van der Waals surface area (Å²) in [6.45, 7) is 1.86. The number of rotatable bonds is 4. The van der Waals surface area contributed by atoms with Gasteiger partial charge in [0.15, 0.2) is 11.5 Å². The van der Waals surface area contributed by atoms with Gasteiger partial charge in [-0.1, -0.05) is 42.5 Å². The van der Waals surface area contributed by atoms with E-state index in [9.17, 15) is 4.79 Å². The quantitative estimate of drug-likeness (QED) is 0.434. The van der Waals surface area contributed by atoms with E-state index in [0.717, 1.165) is 22.0 Å². The van der Waals surface area contributed by atoms with Gasteiger partial charge in [0, 0.05) is 11.6 Å². The second kappa shape index (κ2) is 6.68. The topological polar surface area (TPSA) is 83.3 Å². The molecular formula is C20H16N4O2. The molecule has 2 N–H and O–H groups in total. The summed E-state index contributed by atoms with van der Waals surface area (Å²) in [4.78, 5) is 12.3. The van der Waals surface area contributed by atoms with Gasteiger partial charge in [-0.05, 0) is 29.8 Å². The van der Waals surface area contributed by atoms with Crippen LogP contribution in [-0.2, 0) is 0 Å². The highest BCUT2D eigenvalue weighted by Crippen LogP contribution is 2.19. The number of nitrogens with one attached hydrogen (secondary N) is 2. The third-order valence-corrected chi connectivity index (χ3v) is 4.10. The molecule has 2 aromatic heterocycles. The van der Waals surface area contributed by atoms with E-state index in [2.05, 4.69) is 20.7 Å². The molecule has 0 saturated heterocycles. The summed E-state index contributed by atoms with van der Waals surface area (Å²) in [5.41, 5.74) is 5.13. The van der Waals surface area contributed by atoms with Gasteiger partial charge in [0.05, 0.1) is 12.0 Å². The fraction of sp³-hybridized carbons (Fsp3) is 0.0500. The number of benzene rings is 2. The van der Waals surface area contributed by atoms with Gasteiger partial charge in [-0.2, -0.15) is 10.2 Å². The molecule has 6 heteroatoms. The van der Waals surface area contributed by atoms with Crippen LogP contribution in [0.1, 0.15) is 23.0 Å². The van der Waals surface area contributed by atoms with Crippen molar-refractivity contribution in [2.24, 2.45) is 5.10 Å². The normalized spacial score (nSPS) is 11.7. The molecule has 0 aliphatic carbocycles. The van der Waals surface area contributed by atoms with Crippen molar-refractivity contribution in [2.45, 2.75) is 6.92 Å². The van der Waals surface area contributed by atoms with Crippen LogP contribution in [0.2, 0.25) is 0 Å².